The molecule has 0 unspecified atom stereocenters. The molecule has 2 aliphatic rings. The number of carboxylic acid groups (broad SMARTS) is 1. The van der Waals surface area contributed by atoms with E-state index in [4.69, 9.17) is 0 Å². The van der Waals surface area contributed by atoms with Crippen LogP contribution in [0.3, 0.4) is 0 Å². The Morgan fingerprint density at radius 3 is 2.86 bits per heavy atom. The second kappa shape index (κ2) is 8.20. The molecular weight excluding hydrogens is 389 g/mol. The number of hydrogen-bond acceptors (Lipinski definition) is 6. The fourth-order valence-corrected chi connectivity index (χ4v) is 5.39. The van der Waals surface area contributed by atoms with Gasteiger partial charge in [-0.05, 0) is 19.1 Å². The van der Waals surface area contributed by atoms with Crippen LogP contribution in [0.25, 0.3) is 5.52 Å². The average Bonchev–Trinajstić information content (AvgIpc) is 3.13. The number of carboxylic acids is 1. The number of aromatic nitrogens is 2. The summed E-state index contributed by atoms with van der Waals surface area (Å²) in [5.41, 5.74) is 1.94. The molecule has 28 heavy (non-hydrogen) atoms. The molecule has 2 aromatic rings. The molecular formula is C19H20N3NaO4S. The zero-order valence-corrected chi connectivity index (χ0v) is 18.8. The molecule has 1 fully saturated rings. The van der Waals surface area contributed by atoms with Crippen LogP contribution in [0.5, 0.6) is 0 Å². The number of thioether (sulfide) groups is 1. The molecule has 4 atom stereocenters. The number of hydrogen-bond donors (Lipinski definition) is 1. The molecule has 1 amide bonds. The first-order valence-electron chi connectivity index (χ1n) is 8.91. The second-order valence-electron chi connectivity index (χ2n) is 7.04. The van der Waals surface area contributed by atoms with Crippen LogP contribution < -0.4 is 34.7 Å². The van der Waals surface area contributed by atoms with E-state index in [2.05, 4.69) is 4.98 Å². The Bertz CT molecular complexity index is 958. The Kier molecular flexibility index (Phi) is 6.26. The molecule has 0 aromatic carbocycles. The number of β-lactam (4-membered cyclic amide) rings is 1. The van der Waals surface area contributed by atoms with Gasteiger partial charge in [0.15, 0.2) is 0 Å². The molecule has 4 heterocycles. The first-order chi connectivity index (χ1) is 12.9. The van der Waals surface area contributed by atoms with Crippen molar-refractivity contribution in [3.05, 3.63) is 47.0 Å². The Balaban J connectivity index is 0.00000225. The van der Waals surface area contributed by atoms with Gasteiger partial charge >= 0.3 is 29.6 Å². The van der Waals surface area contributed by atoms with E-state index in [1.165, 1.54) is 16.7 Å². The number of aliphatic hydroxyl groups excluding tert-OH is 1. The number of carbonyl (C=O) groups excluding carboxylic acids is 2. The van der Waals surface area contributed by atoms with E-state index in [0.29, 0.717) is 17.1 Å². The standard InChI is InChI=1S/C19H21N3O4S.Na/c1-10-15-14(11(2)23)18(24)22(15)16(19(25)26)17(10)27-8-6-12-13-5-3-4-7-21(13)9-20-12;/h3-5,7,9-11,14-15,23H,6,8H2,1-2H3,(H,25,26);/q;+1/p-1/t10-,11-,14-,15-;/m1./s1. The van der Waals surface area contributed by atoms with Crippen LogP contribution in [0.1, 0.15) is 19.5 Å². The van der Waals surface area contributed by atoms with Gasteiger partial charge in [-0.15, -0.1) is 11.8 Å². The molecule has 7 nitrogen and oxygen atoms in total. The predicted octanol–water partition coefficient (Wildman–Crippen LogP) is -2.57. The summed E-state index contributed by atoms with van der Waals surface area (Å²) in [6.07, 6.45) is 3.57. The van der Waals surface area contributed by atoms with Crippen LogP contribution in [0.2, 0.25) is 0 Å². The van der Waals surface area contributed by atoms with Gasteiger partial charge in [0.2, 0.25) is 5.91 Å². The molecule has 2 aromatic heterocycles. The van der Waals surface area contributed by atoms with Gasteiger partial charge in [-0.25, -0.2) is 4.98 Å². The zero-order valence-electron chi connectivity index (χ0n) is 16.0. The smallest absolute Gasteiger partial charge is 0.543 e. The number of nitrogens with zero attached hydrogens (tertiary/aromatic N) is 3. The fraction of sp³-hybridized carbons (Fsp3) is 0.421. The van der Waals surface area contributed by atoms with Crippen molar-refractivity contribution in [1.29, 1.82) is 0 Å². The number of pyridine rings is 1. The van der Waals surface area contributed by atoms with Crippen LogP contribution in [-0.2, 0) is 16.0 Å². The van der Waals surface area contributed by atoms with Crippen LogP contribution in [0.15, 0.2) is 41.3 Å². The van der Waals surface area contributed by atoms with Crippen LogP contribution in [0.4, 0.5) is 0 Å². The number of aliphatic carboxylic acids is 1. The van der Waals surface area contributed by atoms with E-state index < -0.39 is 18.0 Å². The molecule has 0 radical (unpaired) electrons. The van der Waals surface area contributed by atoms with Crippen molar-refractivity contribution in [2.45, 2.75) is 32.4 Å². The molecule has 4 rings (SSSR count). The minimum Gasteiger partial charge on any atom is -0.543 e. The monoisotopic (exact) mass is 409 g/mol. The minimum atomic E-state index is -1.34. The van der Waals surface area contributed by atoms with E-state index in [9.17, 15) is 19.8 Å². The first-order valence-corrected chi connectivity index (χ1v) is 9.90. The molecule has 142 valence electrons. The number of aliphatic hydroxyl groups is 1. The second-order valence-corrected chi connectivity index (χ2v) is 8.17. The van der Waals surface area contributed by atoms with Gasteiger partial charge in [0.05, 0.1) is 47.3 Å². The summed E-state index contributed by atoms with van der Waals surface area (Å²) in [5, 5.41) is 21.6. The minimum absolute atomic E-state index is 0. The Labute approximate surface area is 189 Å². The number of carbonyl (C=O) groups is 2. The summed E-state index contributed by atoms with van der Waals surface area (Å²) >= 11 is 1.43. The molecule has 0 aliphatic carbocycles. The van der Waals surface area contributed by atoms with Gasteiger partial charge < -0.3 is 24.3 Å². The molecule has 0 saturated carbocycles. The quantitative estimate of drug-likeness (QED) is 0.416. The molecule has 1 N–H and O–H groups in total. The average molecular weight is 409 g/mol. The van der Waals surface area contributed by atoms with Crippen molar-refractivity contribution in [2.24, 2.45) is 11.8 Å². The summed E-state index contributed by atoms with van der Waals surface area (Å²) in [7, 11) is 0. The van der Waals surface area contributed by atoms with Gasteiger partial charge in [-0.2, -0.15) is 0 Å². The Hall–Kier alpha value is -1.32. The van der Waals surface area contributed by atoms with Crippen LogP contribution in [0, 0.1) is 11.8 Å². The molecule has 9 heteroatoms. The summed E-state index contributed by atoms with van der Waals surface area (Å²) < 4.78 is 1.95. The van der Waals surface area contributed by atoms with E-state index in [0.717, 1.165) is 11.2 Å². The maximum Gasteiger partial charge on any atom is 1.00 e. The van der Waals surface area contributed by atoms with Crippen molar-refractivity contribution < 1.29 is 49.4 Å². The zero-order chi connectivity index (χ0) is 19.3. The molecule has 0 spiro atoms. The predicted molar refractivity (Wildman–Crippen MR) is 98.4 cm³/mol. The number of rotatable bonds is 6. The van der Waals surface area contributed by atoms with Crippen LogP contribution >= 0.6 is 11.8 Å². The topological polar surface area (TPSA) is 98.0 Å². The van der Waals surface area contributed by atoms with Crippen molar-refractivity contribution in [2.75, 3.05) is 5.75 Å². The van der Waals surface area contributed by atoms with Crippen molar-refractivity contribution in [1.82, 2.24) is 14.3 Å². The normalized spacial score (nSPS) is 24.8. The third-order valence-electron chi connectivity index (χ3n) is 5.42. The largest absolute Gasteiger partial charge is 1.00 e. The third-order valence-corrected chi connectivity index (χ3v) is 6.71. The Morgan fingerprint density at radius 2 is 2.18 bits per heavy atom. The first kappa shape index (κ1) is 21.4. The number of amides is 1. The van der Waals surface area contributed by atoms with Gasteiger partial charge in [0, 0.05) is 29.2 Å². The molecule has 1 saturated heterocycles. The molecule has 0 bridgehead atoms. The van der Waals surface area contributed by atoms with E-state index >= 15 is 0 Å². The van der Waals surface area contributed by atoms with Gasteiger partial charge in [0.1, 0.15) is 0 Å². The van der Waals surface area contributed by atoms with E-state index in [1.807, 2.05) is 35.7 Å². The van der Waals surface area contributed by atoms with Crippen molar-refractivity contribution >= 4 is 29.2 Å². The van der Waals surface area contributed by atoms with Crippen molar-refractivity contribution in [3.8, 4) is 0 Å². The number of aryl methyl sites for hydroxylation is 1. The summed E-state index contributed by atoms with van der Waals surface area (Å²) in [5.74, 6) is -1.72. The summed E-state index contributed by atoms with van der Waals surface area (Å²) in [4.78, 5) is 30.4. The maximum absolute atomic E-state index is 12.3. The SMILES string of the molecule is C[C@@H](O)[C@H]1C(=O)N2C(C(=O)[O-])=C(SCCc3ncn4ccccc34)[C@H](C)[C@H]12.[Na+]. The van der Waals surface area contributed by atoms with Crippen LogP contribution in [-0.4, -0.2) is 49.2 Å². The summed E-state index contributed by atoms with van der Waals surface area (Å²) in [6, 6.07) is 5.58. The third kappa shape index (κ3) is 3.31. The Morgan fingerprint density at radius 1 is 1.43 bits per heavy atom. The number of imidazole rings is 1. The van der Waals surface area contributed by atoms with Crippen molar-refractivity contribution in [3.63, 3.8) is 0 Å². The van der Waals surface area contributed by atoms with E-state index in [-0.39, 0.29) is 53.1 Å². The molecule has 2 aliphatic heterocycles. The fourth-order valence-electron chi connectivity index (χ4n) is 4.16. The van der Waals surface area contributed by atoms with Gasteiger partial charge in [-0.1, -0.05) is 13.0 Å². The van der Waals surface area contributed by atoms with E-state index in [1.54, 1.807) is 13.3 Å². The number of fused-ring (bicyclic) bond motifs is 2. The van der Waals surface area contributed by atoms with Gasteiger partial charge in [0.25, 0.3) is 0 Å². The van der Waals surface area contributed by atoms with Gasteiger partial charge in [-0.3, -0.25) is 4.79 Å². The maximum atomic E-state index is 12.3. The summed E-state index contributed by atoms with van der Waals surface area (Å²) in [6.45, 7) is 3.48.